The Labute approximate surface area is 362 Å². The molecule has 2 unspecified atom stereocenters. The Hall–Kier alpha value is -7.49. The molecule has 0 fully saturated rings. The SMILES string of the molecule is C1=CCC(C2=CC(n3c4ccccc4c4cc(-c5ccc6c(c5)c5c(n6-c6cc(-c7ccccc7)cc(-c7ccccc7)n6)C=CCC5)ccc43)=CC(c3ccccc3)C2)C=C1. The lowest BCUT2D eigenvalue weighted by molar-refractivity contribution is 0.675. The van der Waals surface area contributed by atoms with Crippen molar-refractivity contribution in [1.29, 1.82) is 0 Å². The minimum absolute atomic E-state index is 0.307. The summed E-state index contributed by atoms with van der Waals surface area (Å²) >= 11 is 0. The van der Waals surface area contributed by atoms with E-state index in [0.717, 1.165) is 48.3 Å². The number of rotatable bonds is 7. The van der Waals surface area contributed by atoms with Gasteiger partial charge in [0.2, 0.25) is 0 Å². The molecule has 3 heteroatoms. The van der Waals surface area contributed by atoms with Crippen LogP contribution in [0.5, 0.6) is 0 Å². The minimum Gasteiger partial charge on any atom is -0.310 e. The maximum Gasteiger partial charge on any atom is 0.138 e. The van der Waals surface area contributed by atoms with E-state index in [1.165, 1.54) is 77.5 Å². The lowest BCUT2D eigenvalue weighted by Crippen LogP contribution is -2.12. The summed E-state index contributed by atoms with van der Waals surface area (Å²) in [5, 5.41) is 3.84. The van der Waals surface area contributed by atoms with Crippen molar-refractivity contribution in [1.82, 2.24) is 14.1 Å². The first-order valence-electron chi connectivity index (χ1n) is 22.1. The van der Waals surface area contributed by atoms with Gasteiger partial charge in [-0.3, -0.25) is 4.57 Å². The Morgan fingerprint density at radius 2 is 1.21 bits per heavy atom. The van der Waals surface area contributed by atoms with E-state index in [1.807, 2.05) is 0 Å². The Kier molecular flexibility index (Phi) is 8.92. The molecule has 3 aliphatic carbocycles. The van der Waals surface area contributed by atoms with Crippen LogP contribution in [0.25, 0.3) is 83.8 Å². The normalized spacial score (nSPS) is 17.1. The molecular weight excluding hydrogens is 751 g/mol. The summed E-state index contributed by atoms with van der Waals surface area (Å²) in [6.07, 6.45) is 22.8. The molecule has 0 bridgehead atoms. The van der Waals surface area contributed by atoms with Gasteiger partial charge in [-0.2, -0.15) is 0 Å². The van der Waals surface area contributed by atoms with Crippen molar-refractivity contribution >= 4 is 44.5 Å². The lowest BCUT2D eigenvalue weighted by atomic mass is 9.80. The second kappa shape index (κ2) is 15.2. The lowest BCUT2D eigenvalue weighted by Gasteiger charge is -2.27. The van der Waals surface area contributed by atoms with E-state index < -0.39 is 0 Å². The van der Waals surface area contributed by atoms with E-state index in [0.29, 0.717) is 11.8 Å². The van der Waals surface area contributed by atoms with E-state index in [4.69, 9.17) is 4.98 Å². The molecule has 3 heterocycles. The number of para-hydroxylation sites is 1. The van der Waals surface area contributed by atoms with Gasteiger partial charge in [0, 0.05) is 39.3 Å². The molecule has 0 saturated heterocycles. The highest BCUT2D eigenvalue weighted by Crippen LogP contribution is 2.43. The van der Waals surface area contributed by atoms with Crippen LogP contribution in [-0.2, 0) is 6.42 Å². The molecule has 6 aromatic carbocycles. The standard InChI is InChI=1S/C59H45N3/c1-5-17-40(18-6-1)46-33-47(41-19-7-2-8-20-41)35-49(34-46)61-55-27-15-13-25-50(55)52-36-44(29-31-57(52)61)45-30-32-58-53(37-45)51-26-14-16-28-56(51)62(58)59-39-48(42-21-9-3-10-22-42)38-54(60-59)43-23-11-4-12-24-43/h1-13,15-19,21-25,27-32,34-39,41,46H,14,20,26,33H2. The van der Waals surface area contributed by atoms with E-state index in [1.54, 1.807) is 0 Å². The monoisotopic (exact) mass is 795 g/mol. The molecule has 0 amide bonds. The van der Waals surface area contributed by atoms with Gasteiger partial charge in [-0.05, 0) is 114 Å². The third-order valence-corrected chi connectivity index (χ3v) is 13.3. The molecule has 62 heavy (non-hydrogen) atoms. The minimum atomic E-state index is 0.307. The van der Waals surface area contributed by atoms with Crippen LogP contribution in [0.15, 0.2) is 212 Å². The molecule has 12 rings (SSSR count). The number of allylic oxidation sites excluding steroid dienone is 9. The third-order valence-electron chi connectivity index (χ3n) is 13.3. The fourth-order valence-corrected chi connectivity index (χ4v) is 10.3. The second-order valence-electron chi connectivity index (χ2n) is 17.0. The van der Waals surface area contributed by atoms with Gasteiger partial charge in [0.05, 0.1) is 27.9 Å². The second-order valence-corrected chi connectivity index (χ2v) is 17.0. The predicted octanol–water partition coefficient (Wildman–Crippen LogP) is 15.2. The highest BCUT2D eigenvalue weighted by atomic mass is 15.1. The maximum absolute atomic E-state index is 5.38. The van der Waals surface area contributed by atoms with Gasteiger partial charge in [0.25, 0.3) is 0 Å². The van der Waals surface area contributed by atoms with Crippen molar-refractivity contribution in [3.8, 4) is 39.3 Å². The molecule has 0 saturated carbocycles. The van der Waals surface area contributed by atoms with Crippen LogP contribution in [0.2, 0.25) is 0 Å². The van der Waals surface area contributed by atoms with Crippen molar-refractivity contribution in [2.75, 3.05) is 0 Å². The summed E-state index contributed by atoms with van der Waals surface area (Å²) in [5.74, 6) is 1.65. The molecular formula is C59H45N3. The summed E-state index contributed by atoms with van der Waals surface area (Å²) in [6.45, 7) is 0. The van der Waals surface area contributed by atoms with Gasteiger partial charge in [0.1, 0.15) is 5.82 Å². The highest BCUT2D eigenvalue weighted by Gasteiger charge is 2.25. The van der Waals surface area contributed by atoms with Crippen molar-refractivity contribution < 1.29 is 0 Å². The van der Waals surface area contributed by atoms with Crippen LogP contribution in [0, 0.1) is 5.92 Å². The number of hydrogen-bond acceptors (Lipinski definition) is 1. The maximum atomic E-state index is 5.38. The zero-order valence-corrected chi connectivity index (χ0v) is 34.5. The van der Waals surface area contributed by atoms with E-state index in [2.05, 4.69) is 222 Å². The molecule has 3 aliphatic rings. The Balaban J connectivity index is 0.997. The smallest absolute Gasteiger partial charge is 0.138 e. The van der Waals surface area contributed by atoms with E-state index >= 15 is 0 Å². The fraction of sp³-hybridized carbons (Fsp3) is 0.102. The molecule has 296 valence electrons. The first-order chi connectivity index (χ1) is 30.7. The molecule has 2 atom stereocenters. The molecule has 0 N–H and O–H groups in total. The average molecular weight is 796 g/mol. The van der Waals surface area contributed by atoms with Crippen LogP contribution in [0.1, 0.15) is 42.0 Å². The summed E-state index contributed by atoms with van der Waals surface area (Å²) < 4.78 is 4.90. The quantitative estimate of drug-likeness (QED) is 0.158. The van der Waals surface area contributed by atoms with Crippen LogP contribution in [0.4, 0.5) is 0 Å². The largest absolute Gasteiger partial charge is 0.310 e. The highest BCUT2D eigenvalue weighted by molar-refractivity contribution is 6.12. The Bertz CT molecular complexity index is 3280. The topological polar surface area (TPSA) is 22.8 Å². The molecule has 3 nitrogen and oxygen atoms in total. The number of nitrogens with zero attached hydrogens (tertiary/aromatic N) is 3. The fourth-order valence-electron chi connectivity index (χ4n) is 10.3. The van der Waals surface area contributed by atoms with Crippen LogP contribution >= 0.6 is 0 Å². The average Bonchev–Trinajstić information content (AvgIpc) is 3.87. The first kappa shape index (κ1) is 36.4. The van der Waals surface area contributed by atoms with Gasteiger partial charge in [-0.15, -0.1) is 0 Å². The number of hydrogen-bond donors (Lipinski definition) is 0. The summed E-state index contributed by atoms with van der Waals surface area (Å²) in [5.41, 5.74) is 17.2. The van der Waals surface area contributed by atoms with Gasteiger partial charge in [-0.1, -0.05) is 163 Å². The van der Waals surface area contributed by atoms with Crippen LogP contribution in [0.3, 0.4) is 0 Å². The van der Waals surface area contributed by atoms with Crippen LogP contribution < -0.4 is 0 Å². The first-order valence-corrected chi connectivity index (χ1v) is 22.1. The molecule has 0 aliphatic heterocycles. The number of benzene rings is 6. The predicted molar refractivity (Wildman–Crippen MR) is 260 cm³/mol. The van der Waals surface area contributed by atoms with Gasteiger partial charge in [-0.25, -0.2) is 4.98 Å². The van der Waals surface area contributed by atoms with Crippen molar-refractivity contribution in [2.24, 2.45) is 5.92 Å². The number of fused-ring (bicyclic) bond motifs is 6. The zero-order valence-electron chi connectivity index (χ0n) is 34.5. The van der Waals surface area contributed by atoms with E-state index in [-0.39, 0.29) is 0 Å². The molecule has 0 spiro atoms. The number of aryl methyl sites for hydroxylation is 1. The van der Waals surface area contributed by atoms with Crippen molar-refractivity contribution in [3.05, 3.63) is 229 Å². The summed E-state index contributed by atoms with van der Waals surface area (Å²) in [6, 6.07) is 59.8. The Morgan fingerprint density at radius 1 is 0.516 bits per heavy atom. The summed E-state index contributed by atoms with van der Waals surface area (Å²) in [4.78, 5) is 5.38. The number of aromatic nitrogens is 3. The zero-order chi connectivity index (χ0) is 41.0. The summed E-state index contributed by atoms with van der Waals surface area (Å²) in [7, 11) is 0. The molecule has 3 aromatic heterocycles. The molecule has 0 radical (unpaired) electrons. The molecule has 9 aromatic rings. The van der Waals surface area contributed by atoms with Gasteiger partial charge < -0.3 is 4.57 Å². The van der Waals surface area contributed by atoms with Crippen molar-refractivity contribution in [3.63, 3.8) is 0 Å². The van der Waals surface area contributed by atoms with Crippen LogP contribution in [-0.4, -0.2) is 14.1 Å². The van der Waals surface area contributed by atoms with E-state index in [9.17, 15) is 0 Å². The van der Waals surface area contributed by atoms with Gasteiger partial charge >= 0.3 is 0 Å². The third kappa shape index (κ3) is 6.32. The Morgan fingerprint density at radius 3 is 1.98 bits per heavy atom. The number of pyridine rings is 1. The van der Waals surface area contributed by atoms with Crippen molar-refractivity contribution in [2.45, 2.75) is 31.6 Å². The van der Waals surface area contributed by atoms with Gasteiger partial charge in [0.15, 0.2) is 0 Å².